The van der Waals surface area contributed by atoms with Crippen LogP contribution in [0.15, 0.2) is 16.7 Å². The fraction of sp³-hybridized carbons (Fsp3) is 0.600. The van der Waals surface area contributed by atoms with Crippen molar-refractivity contribution in [1.82, 2.24) is 20.7 Å². The van der Waals surface area contributed by atoms with Gasteiger partial charge >= 0.3 is 6.09 Å². The molecule has 0 spiro atoms. The fourth-order valence-corrected chi connectivity index (χ4v) is 3.83. The van der Waals surface area contributed by atoms with Gasteiger partial charge in [0.2, 0.25) is 5.91 Å². The lowest BCUT2D eigenvalue weighted by Crippen LogP contribution is -2.40. The average molecular weight is 401 g/mol. The van der Waals surface area contributed by atoms with E-state index in [1.165, 1.54) is 0 Å². The molecule has 0 bridgehead atoms. The van der Waals surface area contributed by atoms with Gasteiger partial charge in [0, 0.05) is 29.3 Å². The summed E-state index contributed by atoms with van der Waals surface area (Å²) in [5.41, 5.74) is 1.07. The molecule has 2 aliphatic carbocycles. The molecule has 2 heterocycles. The monoisotopic (exact) mass is 401 g/mol. The van der Waals surface area contributed by atoms with Crippen molar-refractivity contribution >= 4 is 17.8 Å². The summed E-state index contributed by atoms with van der Waals surface area (Å²) in [6.45, 7) is 5.80. The first kappa shape index (κ1) is 19.5. The molecule has 9 heteroatoms. The Bertz CT molecular complexity index is 916. The van der Waals surface area contributed by atoms with E-state index in [0.717, 1.165) is 37.1 Å². The lowest BCUT2D eigenvalue weighted by molar-refractivity contribution is -0.115. The summed E-state index contributed by atoms with van der Waals surface area (Å²) in [7, 11) is 0. The van der Waals surface area contributed by atoms with E-state index in [2.05, 4.69) is 26.0 Å². The molecule has 2 amide bonds. The quantitative estimate of drug-likeness (QED) is 0.683. The lowest BCUT2D eigenvalue weighted by Gasteiger charge is -2.26. The van der Waals surface area contributed by atoms with E-state index < -0.39 is 5.60 Å². The van der Waals surface area contributed by atoms with Crippen LogP contribution in [0.3, 0.4) is 0 Å². The second-order valence-corrected chi connectivity index (χ2v) is 8.83. The summed E-state index contributed by atoms with van der Waals surface area (Å²) in [6.07, 6.45) is 4.14. The molecule has 29 heavy (non-hydrogen) atoms. The minimum absolute atomic E-state index is 0.0909. The molecule has 0 radical (unpaired) electrons. The summed E-state index contributed by atoms with van der Waals surface area (Å²) in [6, 6.07) is 3.57. The molecule has 0 saturated heterocycles. The van der Waals surface area contributed by atoms with E-state index in [-0.39, 0.29) is 29.9 Å². The van der Waals surface area contributed by atoms with Gasteiger partial charge in [0.05, 0.1) is 12.1 Å². The Morgan fingerprint density at radius 3 is 2.79 bits per heavy atom. The molecule has 2 atom stereocenters. The first-order valence-electron chi connectivity index (χ1n) is 10.0. The highest BCUT2D eigenvalue weighted by molar-refractivity contribution is 5.91. The number of ether oxygens (including phenoxy) is 1. The highest BCUT2D eigenvalue weighted by Crippen LogP contribution is 2.43. The zero-order chi connectivity index (χ0) is 20.6. The smallest absolute Gasteiger partial charge is 0.408 e. The van der Waals surface area contributed by atoms with Gasteiger partial charge in [-0.3, -0.25) is 9.89 Å². The Morgan fingerprint density at radius 1 is 1.31 bits per heavy atom. The number of alkyl carbamates (subject to hydrolysis) is 1. The number of aromatic amines is 1. The third kappa shape index (κ3) is 4.78. The van der Waals surface area contributed by atoms with Gasteiger partial charge in [-0.05, 0) is 52.9 Å². The first-order valence-corrected chi connectivity index (χ1v) is 10.0. The van der Waals surface area contributed by atoms with Crippen LogP contribution in [0, 0.1) is 6.92 Å². The summed E-state index contributed by atoms with van der Waals surface area (Å²) in [4.78, 5) is 24.3. The molecule has 0 unspecified atom stereocenters. The van der Waals surface area contributed by atoms with Crippen LogP contribution in [0.4, 0.5) is 10.6 Å². The number of H-pyrrole nitrogens is 1. The van der Waals surface area contributed by atoms with Crippen molar-refractivity contribution in [3.05, 3.63) is 29.3 Å². The SMILES string of the molecule is Cc1cc(CC(=O)Nc2cc([C@H]3CC[C@@](C)(OC(=O)NC4(C)CC4)C3)[nH]n2)on1. The van der Waals surface area contributed by atoms with E-state index in [1.807, 2.05) is 19.9 Å². The predicted molar refractivity (Wildman–Crippen MR) is 104 cm³/mol. The molecule has 2 aromatic rings. The van der Waals surface area contributed by atoms with Crippen LogP contribution >= 0.6 is 0 Å². The summed E-state index contributed by atoms with van der Waals surface area (Å²) in [5, 5.41) is 16.7. The topological polar surface area (TPSA) is 122 Å². The number of amides is 2. The average Bonchev–Trinajstić information content (AvgIpc) is 3.01. The van der Waals surface area contributed by atoms with E-state index >= 15 is 0 Å². The largest absolute Gasteiger partial charge is 0.443 e. The summed E-state index contributed by atoms with van der Waals surface area (Å²) < 4.78 is 10.8. The Balaban J connectivity index is 1.30. The molecular weight excluding hydrogens is 374 g/mol. The van der Waals surface area contributed by atoms with E-state index in [0.29, 0.717) is 18.0 Å². The van der Waals surface area contributed by atoms with E-state index in [9.17, 15) is 9.59 Å². The van der Waals surface area contributed by atoms with Crippen LogP contribution in [0.25, 0.3) is 0 Å². The molecule has 2 aromatic heterocycles. The summed E-state index contributed by atoms with van der Waals surface area (Å²) in [5.74, 6) is 0.955. The number of carbonyl (C=O) groups is 2. The van der Waals surface area contributed by atoms with Gasteiger partial charge in [0.15, 0.2) is 5.82 Å². The molecule has 156 valence electrons. The second-order valence-electron chi connectivity index (χ2n) is 8.83. The minimum atomic E-state index is -0.501. The Morgan fingerprint density at radius 2 is 2.10 bits per heavy atom. The molecule has 2 saturated carbocycles. The zero-order valence-corrected chi connectivity index (χ0v) is 17.0. The van der Waals surface area contributed by atoms with Crippen LogP contribution in [0.2, 0.25) is 0 Å². The third-order valence-corrected chi connectivity index (χ3v) is 5.76. The zero-order valence-electron chi connectivity index (χ0n) is 17.0. The van der Waals surface area contributed by atoms with Crippen molar-refractivity contribution in [1.29, 1.82) is 0 Å². The van der Waals surface area contributed by atoms with Gasteiger partial charge in [0.25, 0.3) is 0 Å². The Hall–Kier alpha value is -2.84. The lowest BCUT2D eigenvalue weighted by atomic mass is 10.00. The van der Waals surface area contributed by atoms with Crippen molar-refractivity contribution in [3.8, 4) is 0 Å². The number of aromatic nitrogens is 3. The second kappa shape index (κ2) is 7.20. The highest BCUT2D eigenvalue weighted by Gasteiger charge is 2.43. The molecule has 9 nitrogen and oxygen atoms in total. The normalized spacial score (nSPS) is 24.9. The molecule has 0 aromatic carbocycles. The number of nitrogens with zero attached hydrogens (tertiary/aromatic N) is 2. The number of aryl methyl sites for hydroxylation is 1. The molecule has 3 N–H and O–H groups in total. The van der Waals surface area contributed by atoms with Gasteiger partial charge in [-0.2, -0.15) is 5.10 Å². The third-order valence-electron chi connectivity index (χ3n) is 5.76. The molecule has 2 fully saturated rings. The van der Waals surface area contributed by atoms with Crippen molar-refractivity contribution in [2.45, 2.75) is 76.4 Å². The summed E-state index contributed by atoms with van der Waals surface area (Å²) >= 11 is 0. The number of anilines is 1. The molecule has 2 aliphatic rings. The van der Waals surface area contributed by atoms with Crippen LogP contribution < -0.4 is 10.6 Å². The van der Waals surface area contributed by atoms with Gasteiger partial charge in [-0.15, -0.1) is 0 Å². The first-order chi connectivity index (χ1) is 13.7. The Labute approximate surface area is 168 Å². The number of rotatable bonds is 6. The van der Waals surface area contributed by atoms with Crippen molar-refractivity contribution in [2.24, 2.45) is 0 Å². The number of carbonyl (C=O) groups excluding carboxylic acids is 2. The van der Waals surface area contributed by atoms with E-state index in [4.69, 9.17) is 9.26 Å². The fourth-order valence-electron chi connectivity index (χ4n) is 3.83. The van der Waals surface area contributed by atoms with Crippen molar-refractivity contribution in [2.75, 3.05) is 5.32 Å². The number of hydrogen-bond donors (Lipinski definition) is 3. The standard InChI is InChI=1S/C20H27N5O4/c1-12-8-14(29-25-12)9-17(26)21-16-10-15(23-24-16)13-4-5-20(3,11-13)28-18(27)22-19(2)6-7-19/h8,10,13H,4-7,9,11H2,1-3H3,(H,22,27)(H2,21,23,24,26)/t13-,20+/m0/s1. The maximum Gasteiger partial charge on any atom is 0.408 e. The van der Waals surface area contributed by atoms with Crippen LogP contribution in [0.1, 0.15) is 69.0 Å². The number of hydrogen-bond acceptors (Lipinski definition) is 6. The van der Waals surface area contributed by atoms with Crippen LogP contribution in [-0.4, -0.2) is 38.5 Å². The number of nitrogens with one attached hydrogen (secondary N) is 3. The Kier molecular flexibility index (Phi) is 4.84. The molecule has 0 aliphatic heterocycles. The van der Waals surface area contributed by atoms with Crippen LogP contribution in [-0.2, 0) is 16.0 Å². The minimum Gasteiger partial charge on any atom is -0.443 e. The molecular formula is C20H27N5O4. The van der Waals surface area contributed by atoms with Gasteiger partial charge in [-0.1, -0.05) is 5.16 Å². The maximum absolute atomic E-state index is 12.2. The highest BCUT2D eigenvalue weighted by atomic mass is 16.6. The van der Waals surface area contributed by atoms with Crippen molar-refractivity contribution < 1.29 is 18.8 Å². The molecule has 4 rings (SSSR count). The van der Waals surface area contributed by atoms with E-state index in [1.54, 1.807) is 13.0 Å². The van der Waals surface area contributed by atoms with Crippen LogP contribution in [0.5, 0.6) is 0 Å². The maximum atomic E-state index is 12.2. The van der Waals surface area contributed by atoms with Crippen molar-refractivity contribution in [3.63, 3.8) is 0 Å². The van der Waals surface area contributed by atoms with Gasteiger partial charge in [-0.25, -0.2) is 4.79 Å². The van der Waals surface area contributed by atoms with Gasteiger partial charge in [0.1, 0.15) is 11.4 Å². The predicted octanol–water partition coefficient (Wildman–Crippen LogP) is 3.19. The van der Waals surface area contributed by atoms with Gasteiger partial charge < -0.3 is 19.9 Å².